The number of benzene rings is 2. The molecule has 1 atom stereocenters. The van der Waals surface area contributed by atoms with Crippen molar-refractivity contribution in [1.29, 1.82) is 10.5 Å². The van der Waals surface area contributed by atoms with Crippen molar-refractivity contribution in [2.45, 2.75) is 90.9 Å². The second-order valence-corrected chi connectivity index (χ2v) is 9.73. The molecular formula is C32H42N4. The summed E-state index contributed by atoms with van der Waals surface area (Å²) in [6, 6.07) is 20.5. The SMILES string of the molecule is CCCCCCCCCCC(/C(N)=C(C#N)/C(C#N)=C(/N)Cc1ccccc1C)c1ccccc1C. The Bertz CT molecular complexity index is 1130. The van der Waals surface area contributed by atoms with E-state index in [0.29, 0.717) is 17.8 Å². The van der Waals surface area contributed by atoms with Gasteiger partial charge in [0.05, 0.1) is 11.1 Å². The molecule has 4 nitrogen and oxygen atoms in total. The summed E-state index contributed by atoms with van der Waals surface area (Å²) in [5.74, 6) is -0.129. The van der Waals surface area contributed by atoms with Gasteiger partial charge in [-0.3, -0.25) is 0 Å². The van der Waals surface area contributed by atoms with Gasteiger partial charge in [0.15, 0.2) is 0 Å². The normalized spacial score (nSPS) is 13.2. The van der Waals surface area contributed by atoms with Gasteiger partial charge in [-0.15, -0.1) is 0 Å². The molecule has 2 aromatic carbocycles. The lowest BCUT2D eigenvalue weighted by molar-refractivity contribution is 0.547. The highest BCUT2D eigenvalue weighted by Crippen LogP contribution is 2.33. The summed E-state index contributed by atoms with van der Waals surface area (Å²) < 4.78 is 0. The second-order valence-electron chi connectivity index (χ2n) is 9.73. The number of nitrogens with two attached hydrogens (primary N) is 2. The Morgan fingerprint density at radius 3 is 1.89 bits per heavy atom. The lowest BCUT2D eigenvalue weighted by Crippen LogP contribution is -2.17. The van der Waals surface area contributed by atoms with Crippen molar-refractivity contribution < 1.29 is 0 Å². The highest BCUT2D eigenvalue weighted by molar-refractivity contribution is 5.57. The molecule has 2 rings (SSSR count). The summed E-state index contributed by atoms with van der Waals surface area (Å²) in [6.45, 7) is 6.33. The average Bonchev–Trinajstić information content (AvgIpc) is 2.88. The number of hydrogen-bond acceptors (Lipinski definition) is 4. The van der Waals surface area contributed by atoms with Crippen LogP contribution in [-0.2, 0) is 6.42 Å². The van der Waals surface area contributed by atoms with E-state index in [-0.39, 0.29) is 17.1 Å². The third kappa shape index (κ3) is 8.31. The fourth-order valence-electron chi connectivity index (χ4n) is 4.77. The number of hydrogen-bond donors (Lipinski definition) is 2. The molecule has 0 aliphatic heterocycles. The van der Waals surface area contributed by atoms with Crippen LogP contribution in [0.3, 0.4) is 0 Å². The van der Waals surface area contributed by atoms with Gasteiger partial charge < -0.3 is 11.5 Å². The van der Waals surface area contributed by atoms with Crippen molar-refractivity contribution in [3.8, 4) is 12.1 Å². The Kier molecular flexibility index (Phi) is 12.4. The van der Waals surface area contributed by atoms with Crippen molar-refractivity contribution in [2.24, 2.45) is 11.5 Å². The maximum absolute atomic E-state index is 10.1. The molecule has 0 spiro atoms. The van der Waals surface area contributed by atoms with Crippen LogP contribution in [0.25, 0.3) is 0 Å². The molecule has 0 aliphatic rings. The van der Waals surface area contributed by atoms with Crippen LogP contribution in [0.4, 0.5) is 0 Å². The van der Waals surface area contributed by atoms with Crippen LogP contribution in [0.5, 0.6) is 0 Å². The van der Waals surface area contributed by atoms with E-state index in [1.807, 2.05) is 43.3 Å². The Labute approximate surface area is 218 Å². The number of aryl methyl sites for hydroxylation is 2. The average molecular weight is 483 g/mol. The van der Waals surface area contributed by atoms with Crippen LogP contribution in [0.1, 0.15) is 92.9 Å². The van der Waals surface area contributed by atoms with Crippen molar-refractivity contribution in [3.05, 3.63) is 93.3 Å². The molecule has 36 heavy (non-hydrogen) atoms. The molecule has 0 fully saturated rings. The first kappa shape index (κ1) is 28.7. The van der Waals surface area contributed by atoms with Crippen LogP contribution >= 0.6 is 0 Å². The second kappa shape index (κ2) is 15.5. The third-order valence-electron chi connectivity index (χ3n) is 7.01. The zero-order chi connectivity index (χ0) is 26.3. The summed E-state index contributed by atoms with van der Waals surface area (Å²) in [7, 11) is 0. The molecule has 0 heterocycles. The molecule has 0 radical (unpaired) electrons. The first-order valence-electron chi connectivity index (χ1n) is 13.3. The lowest BCUT2D eigenvalue weighted by atomic mass is 9.84. The first-order chi connectivity index (χ1) is 17.4. The van der Waals surface area contributed by atoms with Gasteiger partial charge in [0, 0.05) is 23.7 Å². The number of rotatable bonds is 14. The standard InChI is InChI=1S/C32H42N4/c1-4-5-6-7-8-9-10-11-20-28(27-19-15-13-17-25(27)3)32(36)30(23-34)29(22-33)31(35)21-26-18-14-12-16-24(26)2/h12-19,28H,4-11,20-21,35-36H2,1-3H3/b31-29+,32-30-. The molecular weight excluding hydrogens is 440 g/mol. The van der Waals surface area contributed by atoms with E-state index in [9.17, 15) is 10.5 Å². The van der Waals surface area contributed by atoms with Gasteiger partial charge in [0.2, 0.25) is 0 Å². The summed E-state index contributed by atoms with van der Waals surface area (Å²) in [5, 5.41) is 20.1. The van der Waals surface area contributed by atoms with Crippen molar-refractivity contribution in [3.63, 3.8) is 0 Å². The number of nitrogens with zero attached hydrogens (tertiary/aromatic N) is 2. The molecule has 4 heteroatoms. The van der Waals surface area contributed by atoms with E-state index in [4.69, 9.17) is 11.5 Å². The molecule has 0 saturated carbocycles. The van der Waals surface area contributed by atoms with Crippen molar-refractivity contribution in [2.75, 3.05) is 0 Å². The number of unbranched alkanes of at least 4 members (excludes halogenated alkanes) is 7. The van der Waals surface area contributed by atoms with Gasteiger partial charge in [0.1, 0.15) is 12.1 Å². The minimum Gasteiger partial charge on any atom is -0.401 e. The minimum atomic E-state index is -0.129. The largest absolute Gasteiger partial charge is 0.401 e. The zero-order valence-electron chi connectivity index (χ0n) is 22.3. The summed E-state index contributed by atoms with van der Waals surface area (Å²) in [6.07, 6.45) is 11.1. The number of nitriles is 2. The fraction of sp³-hybridized carbons (Fsp3) is 0.438. The van der Waals surface area contributed by atoms with E-state index < -0.39 is 0 Å². The van der Waals surface area contributed by atoms with Crippen LogP contribution in [0, 0.1) is 36.5 Å². The Morgan fingerprint density at radius 2 is 1.31 bits per heavy atom. The quantitative estimate of drug-likeness (QED) is 0.164. The summed E-state index contributed by atoms with van der Waals surface area (Å²) in [5.41, 5.74) is 18.7. The third-order valence-corrected chi connectivity index (χ3v) is 7.01. The highest BCUT2D eigenvalue weighted by Gasteiger charge is 2.23. The maximum atomic E-state index is 10.1. The monoisotopic (exact) mass is 482 g/mol. The van der Waals surface area contributed by atoms with Crippen molar-refractivity contribution in [1.82, 2.24) is 0 Å². The molecule has 0 saturated heterocycles. The Hall–Kier alpha value is -3.50. The highest BCUT2D eigenvalue weighted by atomic mass is 14.6. The van der Waals surface area contributed by atoms with Gasteiger partial charge >= 0.3 is 0 Å². The van der Waals surface area contributed by atoms with Gasteiger partial charge in [-0.05, 0) is 42.5 Å². The molecule has 0 aliphatic carbocycles. The smallest absolute Gasteiger partial charge is 0.102 e. The Morgan fingerprint density at radius 1 is 0.750 bits per heavy atom. The molecule has 1 unspecified atom stereocenters. The van der Waals surface area contributed by atoms with E-state index in [1.54, 1.807) is 0 Å². The Balaban J connectivity index is 2.32. The lowest BCUT2D eigenvalue weighted by Gasteiger charge is -2.22. The van der Waals surface area contributed by atoms with Crippen molar-refractivity contribution >= 4 is 0 Å². The zero-order valence-corrected chi connectivity index (χ0v) is 22.3. The molecule has 190 valence electrons. The summed E-state index contributed by atoms with van der Waals surface area (Å²) >= 11 is 0. The fourth-order valence-corrected chi connectivity index (χ4v) is 4.77. The molecule has 0 aromatic heterocycles. The van der Waals surface area contributed by atoms with Gasteiger partial charge in [-0.1, -0.05) is 107 Å². The van der Waals surface area contributed by atoms with E-state index in [1.165, 1.54) is 38.5 Å². The molecule has 4 N–H and O–H groups in total. The minimum absolute atomic E-state index is 0.129. The van der Waals surface area contributed by atoms with Gasteiger partial charge in [-0.25, -0.2) is 0 Å². The number of allylic oxidation sites excluding steroid dienone is 4. The van der Waals surface area contributed by atoms with E-state index in [0.717, 1.165) is 41.5 Å². The molecule has 0 bridgehead atoms. The van der Waals surface area contributed by atoms with Gasteiger partial charge in [0.25, 0.3) is 0 Å². The van der Waals surface area contributed by atoms with E-state index >= 15 is 0 Å². The van der Waals surface area contributed by atoms with Crippen LogP contribution in [0.2, 0.25) is 0 Å². The van der Waals surface area contributed by atoms with Crippen LogP contribution < -0.4 is 11.5 Å². The predicted octanol–water partition coefficient (Wildman–Crippen LogP) is 7.63. The molecule has 0 amide bonds. The topological polar surface area (TPSA) is 99.6 Å². The maximum Gasteiger partial charge on any atom is 0.102 e. The first-order valence-corrected chi connectivity index (χ1v) is 13.3. The predicted molar refractivity (Wildman–Crippen MR) is 150 cm³/mol. The van der Waals surface area contributed by atoms with Crippen LogP contribution in [-0.4, -0.2) is 0 Å². The summed E-state index contributed by atoms with van der Waals surface area (Å²) in [4.78, 5) is 0. The van der Waals surface area contributed by atoms with E-state index in [2.05, 4.69) is 38.1 Å². The van der Waals surface area contributed by atoms with Crippen LogP contribution in [0.15, 0.2) is 71.1 Å². The molecule has 2 aromatic rings. The van der Waals surface area contributed by atoms with Gasteiger partial charge in [-0.2, -0.15) is 10.5 Å².